The second-order valence-corrected chi connectivity index (χ2v) is 7.31. The number of nitrogens with zero attached hydrogens (tertiary/aromatic N) is 4. The molecule has 3 heterocycles. The molecule has 1 unspecified atom stereocenters. The fourth-order valence-corrected chi connectivity index (χ4v) is 3.63. The van der Waals surface area contributed by atoms with Crippen molar-refractivity contribution < 1.29 is 30.6 Å². The number of nitrogens with two attached hydrogens (primary N) is 1. The summed E-state index contributed by atoms with van der Waals surface area (Å²) in [6.07, 6.45) is -2.65. The molecule has 2 N–H and O–H groups in total. The van der Waals surface area contributed by atoms with E-state index in [0.29, 0.717) is 0 Å². The van der Waals surface area contributed by atoms with Gasteiger partial charge < -0.3 is 34.5 Å². The molecule has 0 spiro atoms. The maximum atomic E-state index is 13.3. The summed E-state index contributed by atoms with van der Waals surface area (Å²) < 4.78 is 63.4. The van der Waals surface area contributed by atoms with Crippen LogP contribution in [0.2, 0.25) is 0 Å². The van der Waals surface area contributed by atoms with Gasteiger partial charge >= 0.3 is 0 Å². The number of carbonyl (C=O) groups excluding carboxylic acids is 1. The second-order valence-electron chi connectivity index (χ2n) is 7.31. The van der Waals surface area contributed by atoms with E-state index in [-0.39, 0.29) is 83.9 Å². The minimum Gasteiger partial charge on any atom is -0.493 e. The number of hydrogen-bond donors (Lipinski definition) is 1. The first-order chi connectivity index (χ1) is 18.0. The monoisotopic (exact) mass is 456 g/mol. The molecule has 0 bridgehead atoms. The summed E-state index contributed by atoms with van der Waals surface area (Å²) in [6.45, 7) is -2.02. The topological polar surface area (TPSA) is 112 Å². The number of piperazine rings is 1. The molecule has 2 aromatic carbocycles. The SMILES string of the molecule is [2H]c1c(OC)c(OC)c([2H])c2c(N)nc(N3CCN(C(=O)C4([2H])Oc5ccccc5OC4([2H])[2H])CC3)nc12. The van der Waals surface area contributed by atoms with E-state index in [2.05, 4.69) is 9.97 Å². The summed E-state index contributed by atoms with van der Waals surface area (Å²) in [5.41, 5.74) is 6.29. The summed E-state index contributed by atoms with van der Waals surface area (Å²) in [7, 11) is 2.73. The zero-order chi connectivity index (χ0) is 27.4. The highest BCUT2D eigenvalue weighted by Gasteiger charge is 2.33. The third-order valence-corrected chi connectivity index (χ3v) is 5.37. The maximum absolute atomic E-state index is 13.3. The van der Waals surface area contributed by atoms with Gasteiger partial charge in [-0.1, -0.05) is 12.1 Å². The Morgan fingerprint density at radius 3 is 2.58 bits per heavy atom. The van der Waals surface area contributed by atoms with Crippen molar-refractivity contribution in [1.29, 1.82) is 0 Å². The molecule has 1 saturated heterocycles. The van der Waals surface area contributed by atoms with Crippen LogP contribution in [0.5, 0.6) is 23.0 Å². The molecule has 172 valence electrons. The number of fused-ring (bicyclic) bond motifs is 2. The van der Waals surface area contributed by atoms with Gasteiger partial charge in [0, 0.05) is 37.6 Å². The summed E-state index contributed by atoms with van der Waals surface area (Å²) >= 11 is 0. The maximum Gasteiger partial charge on any atom is 0.267 e. The van der Waals surface area contributed by atoms with Crippen LogP contribution in [0.15, 0.2) is 36.4 Å². The Morgan fingerprint density at radius 1 is 1.15 bits per heavy atom. The van der Waals surface area contributed by atoms with Crippen molar-refractivity contribution in [3.8, 4) is 23.0 Å². The summed E-state index contributed by atoms with van der Waals surface area (Å²) in [6, 6.07) is 6.09. The van der Waals surface area contributed by atoms with E-state index >= 15 is 0 Å². The van der Waals surface area contributed by atoms with Crippen LogP contribution in [-0.2, 0) is 4.79 Å². The molecule has 5 rings (SSSR count). The Kier molecular flexibility index (Phi) is 4.08. The first-order valence-corrected chi connectivity index (χ1v) is 10.2. The van der Waals surface area contributed by atoms with Crippen LogP contribution in [0.1, 0.15) is 6.85 Å². The van der Waals surface area contributed by atoms with E-state index in [4.69, 9.17) is 31.5 Å². The largest absolute Gasteiger partial charge is 0.493 e. The van der Waals surface area contributed by atoms with Gasteiger partial charge in [0.25, 0.3) is 5.91 Å². The standard InChI is InChI=1S/C23H25N5O5/c1-30-18-11-14-15(12-19(18)31-2)25-23(26-21(14)24)28-9-7-27(8-10-28)22(29)20-13-32-16-5-3-4-6-17(16)33-20/h3-6,11-12,20H,7-10,13H2,1-2H3,(H2,24,25,26)/i11D,12D,13D2,20D. The molecule has 3 aromatic rings. The predicted molar refractivity (Wildman–Crippen MR) is 122 cm³/mol. The van der Waals surface area contributed by atoms with Crippen molar-refractivity contribution >= 4 is 28.6 Å². The van der Waals surface area contributed by atoms with Crippen LogP contribution in [0.4, 0.5) is 11.8 Å². The third-order valence-electron chi connectivity index (χ3n) is 5.37. The summed E-state index contributed by atoms with van der Waals surface area (Å²) in [5, 5.41) is 0.165. The fourth-order valence-electron chi connectivity index (χ4n) is 3.63. The summed E-state index contributed by atoms with van der Waals surface area (Å²) in [5.74, 6) is -0.354. The Morgan fingerprint density at radius 2 is 1.85 bits per heavy atom. The molecule has 1 amide bonds. The van der Waals surface area contributed by atoms with E-state index in [0.717, 1.165) is 0 Å². The average Bonchev–Trinajstić information content (AvgIpc) is 2.90. The molecule has 2 aliphatic rings. The second kappa shape index (κ2) is 8.53. The molecule has 10 nitrogen and oxygen atoms in total. The van der Waals surface area contributed by atoms with Crippen LogP contribution in [-0.4, -0.2) is 73.8 Å². The lowest BCUT2D eigenvalue weighted by atomic mass is 10.2. The van der Waals surface area contributed by atoms with Crippen LogP contribution in [0.3, 0.4) is 0 Å². The highest BCUT2D eigenvalue weighted by Crippen LogP contribution is 2.34. The quantitative estimate of drug-likeness (QED) is 0.627. The number of carbonyl (C=O) groups is 1. The van der Waals surface area contributed by atoms with Gasteiger partial charge in [-0.2, -0.15) is 4.98 Å². The zero-order valence-electron chi connectivity index (χ0n) is 23.0. The molecule has 0 aliphatic carbocycles. The van der Waals surface area contributed by atoms with E-state index in [1.165, 1.54) is 31.3 Å². The molecule has 0 radical (unpaired) electrons. The number of amides is 1. The fraction of sp³-hybridized carbons (Fsp3) is 0.348. The molecule has 1 atom stereocenters. The number of ether oxygens (including phenoxy) is 4. The van der Waals surface area contributed by atoms with Crippen molar-refractivity contribution in [3.63, 3.8) is 0 Å². The Balaban J connectivity index is 1.39. The van der Waals surface area contributed by atoms with Gasteiger partial charge in [-0.05, 0) is 18.2 Å². The first-order valence-electron chi connectivity index (χ1n) is 12.7. The average molecular weight is 457 g/mol. The molecule has 1 aromatic heterocycles. The lowest BCUT2D eigenvalue weighted by Crippen LogP contribution is -2.54. The minimum absolute atomic E-state index is 0.00677. The van der Waals surface area contributed by atoms with Gasteiger partial charge in [-0.3, -0.25) is 4.79 Å². The van der Waals surface area contributed by atoms with Gasteiger partial charge in [0.1, 0.15) is 12.4 Å². The third kappa shape index (κ3) is 3.88. The number of benzene rings is 2. The first kappa shape index (κ1) is 15.8. The number of nitrogen functional groups attached to an aromatic ring is 1. The van der Waals surface area contributed by atoms with Crippen molar-refractivity contribution in [3.05, 3.63) is 36.4 Å². The molecule has 2 aliphatic heterocycles. The number of para-hydroxylation sites is 2. The van der Waals surface area contributed by atoms with E-state index in [1.807, 2.05) is 0 Å². The molecular weight excluding hydrogens is 426 g/mol. The number of methoxy groups -OCH3 is 2. The molecule has 33 heavy (non-hydrogen) atoms. The molecular formula is C23H25N5O5. The van der Waals surface area contributed by atoms with Crippen molar-refractivity contribution in [2.45, 2.75) is 6.08 Å². The molecule has 0 saturated carbocycles. The van der Waals surface area contributed by atoms with Crippen molar-refractivity contribution in [2.75, 3.05) is 57.6 Å². The Bertz CT molecular complexity index is 1440. The van der Waals surface area contributed by atoms with Crippen LogP contribution in [0.25, 0.3) is 10.9 Å². The van der Waals surface area contributed by atoms with Gasteiger partial charge in [-0.25, -0.2) is 4.98 Å². The van der Waals surface area contributed by atoms with Gasteiger partial charge in [0.05, 0.1) is 26.6 Å². The van der Waals surface area contributed by atoms with Gasteiger partial charge in [-0.15, -0.1) is 0 Å². The van der Waals surface area contributed by atoms with Crippen molar-refractivity contribution in [2.24, 2.45) is 0 Å². The summed E-state index contributed by atoms with van der Waals surface area (Å²) in [4.78, 5) is 25.2. The molecule has 10 heteroatoms. The lowest BCUT2D eigenvalue weighted by molar-refractivity contribution is -0.141. The van der Waals surface area contributed by atoms with Crippen LogP contribution in [0, 0.1) is 0 Å². The highest BCUT2D eigenvalue weighted by molar-refractivity contribution is 5.91. The lowest BCUT2D eigenvalue weighted by Gasteiger charge is -2.37. The molecule has 1 fully saturated rings. The zero-order valence-corrected chi connectivity index (χ0v) is 18.0. The Hall–Kier alpha value is -3.95. The number of rotatable bonds is 4. The van der Waals surface area contributed by atoms with Crippen molar-refractivity contribution in [1.82, 2.24) is 14.9 Å². The van der Waals surface area contributed by atoms with E-state index < -0.39 is 18.5 Å². The predicted octanol–water partition coefficient (Wildman–Crippen LogP) is 1.72. The van der Waals surface area contributed by atoms with Crippen LogP contribution < -0.4 is 29.6 Å². The van der Waals surface area contributed by atoms with Gasteiger partial charge in [0.2, 0.25) is 12.0 Å². The number of hydrogen-bond acceptors (Lipinski definition) is 9. The number of anilines is 2. The minimum atomic E-state index is -2.73. The van der Waals surface area contributed by atoms with E-state index in [9.17, 15) is 4.79 Å². The highest BCUT2D eigenvalue weighted by atomic mass is 16.6. The van der Waals surface area contributed by atoms with Crippen LogP contribution >= 0.6 is 0 Å². The Labute approximate surface area is 197 Å². The van der Waals surface area contributed by atoms with Gasteiger partial charge in [0.15, 0.2) is 23.0 Å². The number of aromatic nitrogens is 2. The smallest absolute Gasteiger partial charge is 0.267 e. The normalized spacial score (nSPS) is 23.6. The van der Waals surface area contributed by atoms with E-state index in [1.54, 1.807) is 17.0 Å².